The maximum Gasteiger partial charge on any atom is 0.101 e. The first-order chi connectivity index (χ1) is 8.77. The molecular formula is C15H14ClNO. The monoisotopic (exact) mass is 259 g/mol. The van der Waals surface area contributed by atoms with Gasteiger partial charge in [-0.1, -0.05) is 41.9 Å². The van der Waals surface area contributed by atoms with Gasteiger partial charge < -0.3 is 5.11 Å². The molecule has 0 bridgehead atoms. The minimum absolute atomic E-state index is 0.236. The smallest absolute Gasteiger partial charge is 0.101 e. The molecule has 0 aliphatic heterocycles. The van der Waals surface area contributed by atoms with Crippen LogP contribution in [0.25, 0.3) is 0 Å². The molecule has 0 saturated heterocycles. The summed E-state index contributed by atoms with van der Waals surface area (Å²) < 4.78 is 0. The average molecular weight is 260 g/mol. The van der Waals surface area contributed by atoms with Crippen LogP contribution in [0.3, 0.4) is 0 Å². The van der Waals surface area contributed by atoms with Gasteiger partial charge in [0, 0.05) is 6.20 Å². The minimum Gasteiger partial charge on any atom is -0.386 e. The Bertz CT molecular complexity index is 543. The van der Waals surface area contributed by atoms with Gasteiger partial charge in [0.2, 0.25) is 0 Å². The van der Waals surface area contributed by atoms with Crippen LogP contribution in [0.4, 0.5) is 0 Å². The van der Waals surface area contributed by atoms with Crippen molar-refractivity contribution in [2.24, 2.45) is 5.92 Å². The molecule has 1 heterocycles. The van der Waals surface area contributed by atoms with Gasteiger partial charge in [-0.25, -0.2) is 0 Å². The second-order valence-corrected chi connectivity index (χ2v) is 5.14. The van der Waals surface area contributed by atoms with E-state index >= 15 is 0 Å². The molecule has 1 aromatic carbocycles. The van der Waals surface area contributed by atoms with Crippen LogP contribution in [0, 0.1) is 5.92 Å². The van der Waals surface area contributed by atoms with E-state index < -0.39 is 6.10 Å². The first kappa shape index (κ1) is 11.7. The molecule has 1 saturated carbocycles. The Kier molecular flexibility index (Phi) is 3.06. The molecule has 1 aliphatic rings. The van der Waals surface area contributed by atoms with Gasteiger partial charge in [-0.3, -0.25) is 4.98 Å². The van der Waals surface area contributed by atoms with Crippen LogP contribution in [0.1, 0.15) is 29.7 Å². The number of halogens is 1. The lowest BCUT2D eigenvalue weighted by atomic mass is 10.0. The predicted molar refractivity (Wildman–Crippen MR) is 71.5 cm³/mol. The normalized spacial score (nSPS) is 23.7. The number of hydrogen-bond acceptors (Lipinski definition) is 2. The second-order valence-electron chi connectivity index (χ2n) is 4.73. The number of rotatable bonds is 3. The highest BCUT2D eigenvalue weighted by Crippen LogP contribution is 2.54. The number of aliphatic hydroxyl groups excluding tert-OH is 1. The number of aliphatic hydroxyl groups is 1. The van der Waals surface area contributed by atoms with E-state index in [0.717, 1.165) is 6.42 Å². The van der Waals surface area contributed by atoms with E-state index in [9.17, 15) is 5.11 Å². The van der Waals surface area contributed by atoms with Crippen molar-refractivity contribution in [1.29, 1.82) is 0 Å². The summed E-state index contributed by atoms with van der Waals surface area (Å²) in [5.74, 6) is 0.666. The molecule has 1 aromatic heterocycles. The van der Waals surface area contributed by atoms with E-state index in [1.54, 1.807) is 18.3 Å². The van der Waals surface area contributed by atoms with Gasteiger partial charge >= 0.3 is 0 Å². The zero-order valence-electron chi connectivity index (χ0n) is 9.83. The third-order valence-electron chi connectivity index (χ3n) is 3.54. The molecule has 1 N–H and O–H groups in total. The van der Waals surface area contributed by atoms with Gasteiger partial charge in [0.05, 0.1) is 10.7 Å². The molecule has 3 rings (SSSR count). The zero-order chi connectivity index (χ0) is 12.5. The van der Waals surface area contributed by atoms with Crippen LogP contribution in [0.15, 0.2) is 48.7 Å². The summed E-state index contributed by atoms with van der Waals surface area (Å²) in [5, 5.41) is 10.9. The highest BCUT2D eigenvalue weighted by molar-refractivity contribution is 6.31. The highest BCUT2D eigenvalue weighted by Gasteiger charge is 2.44. The predicted octanol–water partition coefficient (Wildman–Crippen LogP) is 3.57. The topological polar surface area (TPSA) is 33.1 Å². The number of benzene rings is 1. The number of aromatic nitrogens is 1. The Balaban J connectivity index is 1.77. The highest BCUT2D eigenvalue weighted by atomic mass is 35.5. The molecule has 0 amide bonds. The second kappa shape index (κ2) is 4.71. The molecule has 92 valence electrons. The lowest BCUT2D eigenvalue weighted by Crippen LogP contribution is -2.04. The summed E-state index contributed by atoms with van der Waals surface area (Å²) in [5.41, 5.74) is 1.89. The van der Waals surface area contributed by atoms with Gasteiger partial charge in [-0.2, -0.15) is 0 Å². The van der Waals surface area contributed by atoms with Crippen molar-refractivity contribution in [3.8, 4) is 0 Å². The van der Waals surface area contributed by atoms with Crippen LogP contribution >= 0.6 is 11.6 Å². The Hall–Kier alpha value is -1.38. The number of pyridine rings is 1. The molecule has 1 fully saturated rings. The van der Waals surface area contributed by atoms with Crippen LogP contribution in [0.5, 0.6) is 0 Å². The molecule has 2 nitrogen and oxygen atoms in total. The van der Waals surface area contributed by atoms with Gasteiger partial charge in [-0.15, -0.1) is 0 Å². The van der Waals surface area contributed by atoms with Gasteiger partial charge in [0.15, 0.2) is 0 Å². The Morgan fingerprint density at radius 2 is 1.94 bits per heavy atom. The molecule has 2 aromatic rings. The average Bonchev–Trinajstić information content (AvgIpc) is 3.20. The molecular weight excluding hydrogens is 246 g/mol. The summed E-state index contributed by atoms with van der Waals surface area (Å²) in [4.78, 5) is 4.19. The number of nitrogens with zero attached hydrogens (tertiary/aromatic N) is 1. The summed E-state index contributed by atoms with van der Waals surface area (Å²) in [6.45, 7) is 0. The molecule has 3 heteroatoms. The fourth-order valence-electron chi connectivity index (χ4n) is 2.47. The third kappa shape index (κ3) is 2.14. The summed E-state index contributed by atoms with van der Waals surface area (Å²) >= 11 is 6.06. The van der Waals surface area contributed by atoms with Crippen molar-refractivity contribution >= 4 is 11.6 Å². The molecule has 0 radical (unpaired) electrons. The Labute approximate surface area is 111 Å². The largest absolute Gasteiger partial charge is 0.386 e. The molecule has 1 aliphatic carbocycles. The van der Waals surface area contributed by atoms with Crippen LogP contribution in [-0.4, -0.2) is 10.1 Å². The van der Waals surface area contributed by atoms with Crippen LogP contribution in [-0.2, 0) is 0 Å². The van der Waals surface area contributed by atoms with E-state index in [2.05, 4.69) is 17.1 Å². The maximum atomic E-state index is 10.3. The van der Waals surface area contributed by atoms with E-state index in [4.69, 9.17) is 11.6 Å². The Morgan fingerprint density at radius 1 is 1.17 bits per heavy atom. The molecule has 0 spiro atoms. The van der Waals surface area contributed by atoms with Gasteiger partial charge in [0.1, 0.15) is 6.10 Å². The fourth-order valence-corrected chi connectivity index (χ4v) is 2.70. The Morgan fingerprint density at radius 3 is 2.67 bits per heavy atom. The summed E-state index contributed by atoms with van der Waals surface area (Å²) in [6, 6.07) is 13.8. The van der Waals surface area contributed by atoms with Gasteiger partial charge in [-0.05, 0) is 36.0 Å². The SMILES string of the molecule is OC(c1ncccc1Cl)C1CC1c1ccccc1. The number of hydrogen-bond donors (Lipinski definition) is 1. The first-order valence-electron chi connectivity index (χ1n) is 6.11. The molecule has 18 heavy (non-hydrogen) atoms. The summed E-state index contributed by atoms with van der Waals surface area (Å²) in [7, 11) is 0. The lowest BCUT2D eigenvalue weighted by molar-refractivity contribution is 0.146. The van der Waals surface area contributed by atoms with Crippen LogP contribution in [0.2, 0.25) is 5.02 Å². The van der Waals surface area contributed by atoms with Crippen molar-refractivity contribution in [2.75, 3.05) is 0 Å². The summed E-state index contributed by atoms with van der Waals surface area (Å²) in [6.07, 6.45) is 2.10. The van der Waals surface area contributed by atoms with E-state index in [0.29, 0.717) is 16.6 Å². The minimum atomic E-state index is -0.566. The van der Waals surface area contributed by atoms with Crippen molar-refractivity contribution in [3.63, 3.8) is 0 Å². The zero-order valence-corrected chi connectivity index (χ0v) is 10.6. The van der Waals surface area contributed by atoms with E-state index in [1.807, 2.05) is 18.2 Å². The van der Waals surface area contributed by atoms with Crippen LogP contribution < -0.4 is 0 Å². The van der Waals surface area contributed by atoms with Crippen molar-refractivity contribution in [2.45, 2.75) is 18.4 Å². The standard InChI is InChI=1S/C15H14ClNO/c16-13-7-4-8-17-14(13)15(18)12-9-11(12)10-5-2-1-3-6-10/h1-8,11-12,15,18H,9H2. The van der Waals surface area contributed by atoms with Crippen molar-refractivity contribution < 1.29 is 5.11 Å². The fraction of sp³-hybridized carbons (Fsp3) is 0.267. The van der Waals surface area contributed by atoms with Gasteiger partial charge in [0.25, 0.3) is 0 Å². The lowest BCUT2D eigenvalue weighted by Gasteiger charge is -2.11. The quantitative estimate of drug-likeness (QED) is 0.914. The first-order valence-corrected chi connectivity index (χ1v) is 6.48. The van der Waals surface area contributed by atoms with E-state index in [1.165, 1.54) is 5.56 Å². The van der Waals surface area contributed by atoms with E-state index in [-0.39, 0.29) is 5.92 Å². The van der Waals surface area contributed by atoms with Crippen molar-refractivity contribution in [3.05, 3.63) is 64.9 Å². The molecule has 3 atom stereocenters. The maximum absolute atomic E-state index is 10.3. The van der Waals surface area contributed by atoms with Crippen molar-refractivity contribution in [1.82, 2.24) is 4.98 Å². The molecule has 3 unspecified atom stereocenters. The third-order valence-corrected chi connectivity index (χ3v) is 3.86.